The number of rotatable bonds is 4. The smallest absolute Gasteiger partial charge is 0.417 e. The zero-order valence-corrected chi connectivity index (χ0v) is 16.9. The van der Waals surface area contributed by atoms with E-state index in [9.17, 15) is 22.8 Å². The molecule has 0 amide bonds. The maximum atomic E-state index is 13.5. The number of hydrogen-bond acceptors (Lipinski definition) is 4. The Bertz CT molecular complexity index is 1350. The van der Waals surface area contributed by atoms with Crippen molar-refractivity contribution in [2.75, 3.05) is 0 Å². The van der Waals surface area contributed by atoms with Gasteiger partial charge in [-0.25, -0.2) is 0 Å². The van der Waals surface area contributed by atoms with Gasteiger partial charge in [-0.3, -0.25) is 14.6 Å². The van der Waals surface area contributed by atoms with Crippen molar-refractivity contribution in [2.45, 2.75) is 12.6 Å². The molecule has 0 aliphatic carbocycles. The van der Waals surface area contributed by atoms with Crippen molar-refractivity contribution in [1.29, 1.82) is 0 Å². The number of carboxylic acids is 1. The average Bonchev–Trinajstić information content (AvgIpc) is 3.12. The Hall–Kier alpha value is -3.72. The molecule has 2 aromatic carbocycles. The largest absolute Gasteiger partial charge is 0.481 e. The van der Waals surface area contributed by atoms with Crippen LogP contribution >= 0.6 is 11.6 Å². The molecule has 0 aliphatic rings. The van der Waals surface area contributed by atoms with Gasteiger partial charge in [0.25, 0.3) is 5.91 Å². The molecule has 0 saturated heterocycles. The molecule has 4 aromatic rings. The zero-order valence-electron chi connectivity index (χ0n) is 16.1. The lowest BCUT2D eigenvalue weighted by Crippen LogP contribution is -2.20. The average molecular weight is 460 g/mol. The first-order chi connectivity index (χ1) is 15.2. The van der Waals surface area contributed by atoms with Crippen LogP contribution in [0.3, 0.4) is 0 Å². The van der Waals surface area contributed by atoms with Crippen LogP contribution in [-0.2, 0) is 17.4 Å². The number of benzene rings is 2. The Morgan fingerprint density at radius 3 is 2.41 bits per heavy atom. The van der Waals surface area contributed by atoms with Gasteiger partial charge < -0.3 is 5.11 Å². The van der Waals surface area contributed by atoms with Gasteiger partial charge in [0.1, 0.15) is 11.2 Å². The van der Waals surface area contributed by atoms with Crippen LogP contribution in [-0.4, -0.2) is 31.7 Å². The van der Waals surface area contributed by atoms with E-state index in [2.05, 4.69) is 10.1 Å². The lowest BCUT2D eigenvalue weighted by atomic mass is 10.1. The molecule has 4 rings (SSSR count). The normalized spacial score (nSPS) is 11.6. The Kier molecular flexibility index (Phi) is 5.43. The van der Waals surface area contributed by atoms with Crippen molar-refractivity contribution >= 4 is 34.5 Å². The second-order valence-corrected chi connectivity index (χ2v) is 7.27. The number of carboxylic acid groups (broad SMARTS) is 1. The Balaban J connectivity index is 1.87. The molecule has 0 unspecified atom stereocenters. The van der Waals surface area contributed by atoms with Gasteiger partial charge in [0, 0.05) is 11.8 Å². The van der Waals surface area contributed by atoms with E-state index in [-0.39, 0.29) is 22.7 Å². The molecule has 0 spiro atoms. The number of carbonyl (C=O) groups excluding carboxylic acids is 1. The summed E-state index contributed by atoms with van der Waals surface area (Å²) in [5.41, 5.74) is -0.0380. The highest BCUT2D eigenvalue weighted by atomic mass is 35.5. The molecule has 162 valence electrons. The highest BCUT2D eigenvalue weighted by molar-refractivity contribution is 6.34. The summed E-state index contributed by atoms with van der Waals surface area (Å²) in [6.45, 7) is 0. The highest BCUT2D eigenvalue weighted by Crippen LogP contribution is 2.36. The van der Waals surface area contributed by atoms with Crippen molar-refractivity contribution in [3.63, 3.8) is 0 Å². The fourth-order valence-corrected chi connectivity index (χ4v) is 3.59. The van der Waals surface area contributed by atoms with Crippen LogP contribution in [0.4, 0.5) is 13.2 Å². The molecular formula is C22H13ClF3N3O3. The number of carbonyl (C=O) groups is 2. The minimum Gasteiger partial charge on any atom is -0.481 e. The SMILES string of the molecule is O=C(O)Cc1ccc(-c2nn(C(=O)c3c(Cl)cccc3C(F)(F)F)c3cccnc23)cc1. The lowest BCUT2D eigenvalue weighted by Gasteiger charge is -2.13. The van der Waals surface area contributed by atoms with E-state index in [1.165, 1.54) is 24.4 Å². The minimum absolute atomic E-state index is 0.168. The Labute approximate surface area is 183 Å². The molecule has 2 heterocycles. The first-order valence-corrected chi connectivity index (χ1v) is 9.60. The summed E-state index contributed by atoms with van der Waals surface area (Å²) in [6, 6.07) is 12.6. The number of aromatic nitrogens is 3. The summed E-state index contributed by atoms with van der Waals surface area (Å²) in [5.74, 6) is -2.03. The number of aliphatic carboxylic acids is 1. The van der Waals surface area contributed by atoms with Crippen LogP contribution in [0.25, 0.3) is 22.3 Å². The van der Waals surface area contributed by atoms with E-state index in [0.717, 1.165) is 16.8 Å². The third-order valence-corrected chi connectivity index (χ3v) is 5.06. The van der Waals surface area contributed by atoms with Crippen LogP contribution < -0.4 is 0 Å². The molecular weight excluding hydrogens is 447 g/mol. The summed E-state index contributed by atoms with van der Waals surface area (Å²) >= 11 is 5.99. The van der Waals surface area contributed by atoms with Crippen LogP contribution in [0.5, 0.6) is 0 Å². The number of nitrogens with zero attached hydrogens (tertiary/aromatic N) is 3. The second-order valence-electron chi connectivity index (χ2n) is 6.86. The van der Waals surface area contributed by atoms with E-state index in [0.29, 0.717) is 16.6 Å². The van der Waals surface area contributed by atoms with Gasteiger partial charge in [-0.15, -0.1) is 0 Å². The van der Waals surface area contributed by atoms with Crippen molar-refractivity contribution in [3.8, 4) is 11.3 Å². The molecule has 0 saturated carbocycles. The van der Waals surface area contributed by atoms with Crippen LogP contribution in [0, 0.1) is 0 Å². The predicted octanol–water partition coefficient (Wildman–Crippen LogP) is 5.09. The van der Waals surface area contributed by atoms with E-state index in [1.807, 2.05) is 0 Å². The number of halogens is 4. The molecule has 2 aromatic heterocycles. The van der Waals surface area contributed by atoms with Gasteiger partial charge in [-0.2, -0.15) is 23.0 Å². The molecule has 0 bridgehead atoms. The number of fused-ring (bicyclic) bond motifs is 1. The van der Waals surface area contributed by atoms with Gasteiger partial charge in [-0.05, 0) is 29.8 Å². The van der Waals surface area contributed by atoms with Gasteiger partial charge in [0.15, 0.2) is 0 Å². The summed E-state index contributed by atoms with van der Waals surface area (Å²) in [7, 11) is 0. The Morgan fingerprint density at radius 2 is 1.75 bits per heavy atom. The topological polar surface area (TPSA) is 85.1 Å². The standard InChI is InChI=1S/C22H13ClF3N3O3/c23-15-4-1-3-14(22(24,25)26)18(15)21(32)29-16-5-2-10-27-20(16)19(28-29)13-8-6-12(7-9-13)11-17(30)31/h1-10H,11H2,(H,30,31). The minimum atomic E-state index is -4.79. The monoisotopic (exact) mass is 459 g/mol. The third kappa shape index (κ3) is 3.94. The Morgan fingerprint density at radius 1 is 1.03 bits per heavy atom. The lowest BCUT2D eigenvalue weighted by molar-refractivity contribution is -0.138. The third-order valence-electron chi connectivity index (χ3n) is 4.75. The van der Waals surface area contributed by atoms with Gasteiger partial charge in [0.2, 0.25) is 0 Å². The zero-order chi connectivity index (χ0) is 23.0. The van der Waals surface area contributed by atoms with Crippen molar-refractivity contribution in [2.24, 2.45) is 0 Å². The molecule has 0 atom stereocenters. The van der Waals surface area contributed by atoms with E-state index >= 15 is 0 Å². The quantitative estimate of drug-likeness (QED) is 0.459. The molecule has 0 radical (unpaired) electrons. The second kappa shape index (κ2) is 8.08. The van der Waals surface area contributed by atoms with Crippen molar-refractivity contribution in [1.82, 2.24) is 14.8 Å². The van der Waals surface area contributed by atoms with Gasteiger partial charge in [0.05, 0.1) is 28.1 Å². The number of hydrogen-bond donors (Lipinski definition) is 1. The van der Waals surface area contributed by atoms with Crippen LogP contribution in [0.2, 0.25) is 5.02 Å². The molecule has 1 N–H and O–H groups in total. The highest BCUT2D eigenvalue weighted by Gasteiger charge is 2.37. The first-order valence-electron chi connectivity index (χ1n) is 9.22. The van der Waals surface area contributed by atoms with Crippen molar-refractivity contribution < 1.29 is 27.9 Å². The summed E-state index contributed by atoms with van der Waals surface area (Å²) in [6.07, 6.45) is -3.49. The van der Waals surface area contributed by atoms with E-state index in [4.69, 9.17) is 16.7 Å². The molecule has 0 aliphatic heterocycles. The molecule has 32 heavy (non-hydrogen) atoms. The maximum Gasteiger partial charge on any atom is 0.417 e. The summed E-state index contributed by atoms with van der Waals surface area (Å²) in [5, 5.41) is 12.8. The predicted molar refractivity (Wildman–Crippen MR) is 110 cm³/mol. The van der Waals surface area contributed by atoms with Gasteiger partial charge in [-0.1, -0.05) is 41.9 Å². The maximum absolute atomic E-state index is 13.5. The number of pyridine rings is 1. The molecule has 6 nitrogen and oxygen atoms in total. The van der Waals surface area contributed by atoms with Crippen LogP contribution in [0.1, 0.15) is 21.5 Å². The van der Waals surface area contributed by atoms with Crippen LogP contribution in [0.15, 0.2) is 60.8 Å². The van der Waals surface area contributed by atoms with E-state index < -0.39 is 29.2 Å². The van der Waals surface area contributed by atoms with Gasteiger partial charge >= 0.3 is 12.1 Å². The van der Waals surface area contributed by atoms with E-state index in [1.54, 1.807) is 24.3 Å². The molecule has 10 heteroatoms. The first kappa shape index (κ1) is 21.5. The summed E-state index contributed by atoms with van der Waals surface area (Å²) < 4.78 is 41.4. The summed E-state index contributed by atoms with van der Waals surface area (Å²) in [4.78, 5) is 28.3. The fourth-order valence-electron chi connectivity index (χ4n) is 3.34. The number of alkyl halides is 3. The van der Waals surface area contributed by atoms with Crippen molar-refractivity contribution in [3.05, 3.63) is 82.5 Å². The fraction of sp³-hybridized carbons (Fsp3) is 0.0909. The molecule has 0 fully saturated rings.